The van der Waals surface area contributed by atoms with Gasteiger partial charge in [-0.05, 0) is 6.92 Å². The summed E-state index contributed by atoms with van der Waals surface area (Å²) >= 11 is 0. The fourth-order valence-electron chi connectivity index (χ4n) is 0.166. The predicted molar refractivity (Wildman–Crippen MR) is 25.7 cm³/mol. The van der Waals surface area contributed by atoms with E-state index >= 15 is 0 Å². The number of carbonyl (C=O) groups excluding carboxylic acids is 1. The van der Waals surface area contributed by atoms with E-state index in [2.05, 4.69) is 0 Å². The molecule has 0 aromatic rings. The summed E-state index contributed by atoms with van der Waals surface area (Å²) in [6.07, 6.45) is -0.958. The van der Waals surface area contributed by atoms with Gasteiger partial charge in [0.15, 0.2) is 5.78 Å². The van der Waals surface area contributed by atoms with E-state index in [0.29, 0.717) is 0 Å². The van der Waals surface area contributed by atoms with Gasteiger partial charge < -0.3 is 10.8 Å². The quantitative estimate of drug-likeness (QED) is 0.512. The molecule has 3 N–H and O–H groups in total. The van der Waals surface area contributed by atoms with Gasteiger partial charge in [-0.2, -0.15) is 0 Å². The number of ketones is 1. The van der Waals surface area contributed by atoms with Crippen molar-refractivity contribution < 1.29 is 27.0 Å². The number of aliphatic hydroxyl groups is 1. The number of carbonyl (C=O) groups is 1. The molecule has 0 saturated heterocycles. The van der Waals surface area contributed by atoms with Crippen LogP contribution in [-0.2, 0) is 21.9 Å². The second-order valence-corrected chi connectivity index (χ2v) is 1.36. The summed E-state index contributed by atoms with van der Waals surface area (Å²) in [6, 6.07) is 0. The van der Waals surface area contributed by atoms with E-state index < -0.39 is 6.10 Å². The summed E-state index contributed by atoms with van der Waals surface area (Å²) in [4.78, 5) is 10.0. The molecule has 0 aliphatic heterocycles. The summed E-state index contributed by atoms with van der Waals surface area (Å²) in [5.74, 6) is -0.275. The molecule has 0 spiro atoms. The molecule has 3 nitrogen and oxygen atoms in total. The average Bonchev–Trinajstić information content (AvgIpc) is 1.65. The van der Waals surface area contributed by atoms with Crippen molar-refractivity contribution in [3.8, 4) is 0 Å². The summed E-state index contributed by atoms with van der Waals surface area (Å²) < 4.78 is 0. The molecule has 1 unspecified atom stereocenters. The molecule has 0 amide bonds. The molecular formula is C4H9CuNO2. The molecule has 4 heteroatoms. The minimum Gasteiger partial charge on any atom is -0.384 e. The smallest absolute Gasteiger partial charge is 0.159 e. The Balaban J connectivity index is 0. The molecule has 0 aliphatic rings. The fraction of sp³-hybridized carbons (Fsp3) is 0.750. The van der Waals surface area contributed by atoms with Gasteiger partial charge in [0.1, 0.15) is 6.10 Å². The molecular weight excluding hydrogens is 158 g/mol. The van der Waals surface area contributed by atoms with Gasteiger partial charge in [0, 0.05) is 23.6 Å². The standard InChI is InChI=1S/C4H9NO2.Cu/c1-3(6)4(7)2-5;/h4,7H,2,5H2,1H3;. The molecule has 0 bridgehead atoms. The molecule has 0 rings (SSSR count). The van der Waals surface area contributed by atoms with Crippen molar-refractivity contribution in [2.75, 3.05) is 6.54 Å². The molecule has 0 aromatic carbocycles. The van der Waals surface area contributed by atoms with Crippen LogP contribution in [0.1, 0.15) is 6.92 Å². The zero-order chi connectivity index (χ0) is 5.86. The first-order valence-corrected chi connectivity index (χ1v) is 2.07. The normalized spacial score (nSPS) is 11.9. The van der Waals surface area contributed by atoms with Gasteiger partial charge in [0.05, 0.1) is 0 Å². The molecule has 53 valence electrons. The van der Waals surface area contributed by atoms with Crippen molar-refractivity contribution in [2.24, 2.45) is 5.73 Å². The molecule has 1 atom stereocenters. The molecule has 8 heavy (non-hydrogen) atoms. The number of aliphatic hydroxyl groups excluding tert-OH is 1. The third kappa shape index (κ3) is 4.27. The van der Waals surface area contributed by atoms with Crippen LogP contribution in [0.15, 0.2) is 0 Å². The van der Waals surface area contributed by atoms with E-state index in [1.165, 1.54) is 6.92 Å². The van der Waals surface area contributed by atoms with E-state index in [1.54, 1.807) is 0 Å². The van der Waals surface area contributed by atoms with Crippen molar-refractivity contribution in [1.29, 1.82) is 0 Å². The summed E-state index contributed by atoms with van der Waals surface area (Å²) in [6.45, 7) is 1.33. The molecule has 0 fully saturated rings. The molecule has 0 aliphatic carbocycles. The molecule has 0 heterocycles. The van der Waals surface area contributed by atoms with Crippen LogP contribution in [0, 0.1) is 0 Å². The van der Waals surface area contributed by atoms with Gasteiger partial charge in [-0.15, -0.1) is 0 Å². The van der Waals surface area contributed by atoms with Crippen LogP contribution in [0.2, 0.25) is 0 Å². The van der Waals surface area contributed by atoms with E-state index in [1.807, 2.05) is 0 Å². The van der Waals surface area contributed by atoms with Crippen LogP contribution >= 0.6 is 0 Å². The first kappa shape index (κ1) is 11.0. The van der Waals surface area contributed by atoms with Gasteiger partial charge in [-0.3, -0.25) is 4.79 Å². The van der Waals surface area contributed by atoms with Crippen LogP contribution in [0.5, 0.6) is 0 Å². The van der Waals surface area contributed by atoms with Crippen LogP contribution in [0.25, 0.3) is 0 Å². The van der Waals surface area contributed by atoms with Gasteiger partial charge in [0.2, 0.25) is 0 Å². The summed E-state index contributed by atoms with van der Waals surface area (Å²) in [5.41, 5.74) is 4.90. The second-order valence-electron chi connectivity index (χ2n) is 1.36. The monoisotopic (exact) mass is 166 g/mol. The number of Topliss-reactive ketones (excluding diaryl/α,β-unsaturated/α-hetero) is 1. The first-order valence-electron chi connectivity index (χ1n) is 2.07. The van der Waals surface area contributed by atoms with E-state index in [9.17, 15) is 4.79 Å². The maximum Gasteiger partial charge on any atom is 0.159 e. The van der Waals surface area contributed by atoms with Gasteiger partial charge in [0.25, 0.3) is 0 Å². The summed E-state index contributed by atoms with van der Waals surface area (Å²) in [5, 5.41) is 8.46. The van der Waals surface area contributed by atoms with Gasteiger partial charge >= 0.3 is 0 Å². The molecule has 1 radical (unpaired) electrons. The van der Waals surface area contributed by atoms with Crippen molar-refractivity contribution in [3.05, 3.63) is 0 Å². The minimum absolute atomic E-state index is 0. The Hall–Kier alpha value is 0.109. The van der Waals surface area contributed by atoms with Crippen LogP contribution in [0.3, 0.4) is 0 Å². The Morgan fingerprint density at radius 1 is 1.88 bits per heavy atom. The Labute approximate surface area is 58.7 Å². The maximum absolute atomic E-state index is 10.0. The van der Waals surface area contributed by atoms with Crippen LogP contribution < -0.4 is 5.73 Å². The zero-order valence-corrected chi connectivity index (χ0v) is 5.46. The SMILES string of the molecule is CC(=O)C(O)CN.[Cu]. The molecule has 0 saturated carbocycles. The Bertz CT molecular complexity index is 76.4. The topological polar surface area (TPSA) is 63.3 Å². The third-order valence-electron chi connectivity index (χ3n) is 0.693. The number of nitrogens with two attached hydrogens (primary N) is 1. The zero-order valence-electron chi connectivity index (χ0n) is 4.52. The number of hydrogen-bond donors (Lipinski definition) is 2. The maximum atomic E-state index is 10.0. The fourth-order valence-corrected chi connectivity index (χ4v) is 0.166. The predicted octanol–water partition coefficient (Wildman–Crippen LogP) is -1.11. The number of hydrogen-bond acceptors (Lipinski definition) is 3. The van der Waals surface area contributed by atoms with E-state index in [4.69, 9.17) is 10.8 Å². The third-order valence-corrected chi connectivity index (χ3v) is 0.693. The second kappa shape index (κ2) is 5.25. The minimum atomic E-state index is -0.958. The van der Waals surface area contributed by atoms with Crippen LogP contribution in [-0.4, -0.2) is 23.5 Å². The van der Waals surface area contributed by atoms with Crippen molar-refractivity contribution in [2.45, 2.75) is 13.0 Å². The van der Waals surface area contributed by atoms with E-state index in [-0.39, 0.29) is 29.4 Å². The Kier molecular flexibility index (Phi) is 7.21. The van der Waals surface area contributed by atoms with Crippen LogP contribution in [0.4, 0.5) is 0 Å². The van der Waals surface area contributed by atoms with Crippen molar-refractivity contribution in [1.82, 2.24) is 0 Å². The average molecular weight is 167 g/mol. The van der Waals surface area contributed by atoms with Crippen molar-refractivity contribution >= 4 is 5.78 Å². The Morgan fingerprint density at radius 3 is 2.25 bits per heavy atom. The van der Waals surface area contributed by atoms with Gasteiger partial charge in [-0.1, -0.05) is 0 Å². The summed E-state index contributed by atoms with van der Waals surface area (Å²) in [7, 11) is 0. The molecule has 0 aromatic heterocycles. The number of rotatable bonds is 2. The van der Waals surface area contributed by atoms with Gasteiger partial charge in [-0.25, -0.2) is 0 Å². The van der Waals surface area contributed by atoms with Crippen molar-refractivity contribution in [3.63, 3.8) is 0 Å². The largest absolute Gasteiger partial charge is 0.384 e. The Morgan fingerprint density at radius 2 is 2.25 bits per heavy atom. The van der Waals surface area contributed by atoms with E-state index in [0.717, 1.165) is 0 Å². The first-order chi connectivity index (χ1) is 3.18.